The molecule has 0 spiro atoms. The summed E-state index contributed by atoms with van der Waals surface area (Å²) in [7, 11) is 0. The maximum absolute atomic E-state index is 11.6. The summed E-state index contributed by atoms with van der Waals surface area (Å²) in [6.07, 6.45) is 0. The first kappa shape index (κ1) is 9.67. The van der Waals surface area contributed by atoms with Crippen LogP contribution >= 0.6 is 0 Å². The molecule has 5 heteroatoms. The van der Waals surface area contributed by atoms with E-state index in [-0.39, 0.29) is 11.8 Å². The summed E-state index contributed by atoms with van der Waals surface area (Å²) in [5.74, 6) is -0.446. The molecule has 2 amide bonds. The topological polar surface area (TPSA) is 70.2 Å². The van der Waals surface area contributed by atoms with Crippen LogP contribution in [0.3, 0.4) is 0 Å². The third-order valence-corrected chi connectivity index (χ3v) is 2.18. The fourth-order valence-corrected chi connectivity index (χ4v) is 1.37. The van der Waals surface area contributed by atoms with E-state index in [4.69, 9.17) is 0 Å². The van der Waals surface area contributed by atoms with Crippen molar-refractivity contribution in [3.8, 4) is 0 Å². The quantitative estimate of drug-likeness (QED) is 0.605. The SMILES string of the molecule is O=C(NC1CNNC1=O)c1ccccc1. The molecule has 0 bridgehead atoms. The van der Waals surface area contributed by atoms with Crippen molar-refractivity contribution in [3.63, 3.8) is 0 Å². The van der Waals surface area contributed by atoms with E-state index in [0.29, 0.717) is 12.1 Å². The third kappa shape index (κ3) is 2.13. The van der Waals surface area contributed by atoms with E-state index in [2.05, 4.69) is 16.2 Å². The molecule has 3 N–H and O–H groups in total. The molecule has 15 heavy (non-hydrogen) atoms. The molecule has 0 aliphatic carbocycles. The lowest BCUT2D eigenvalue weighted by Crippen LogP contribution is -2.41. The molecule has 1 unspecified atom stereocenters. The first-order valence-electron chi connectivity index (χ1n) is 4.66. The van der Waals surface area contributed by atoms with Gasteiger partial charge in [-0.25, -0.2) is 5.43 Å². The first-order chi connectivity index (χ1) is 7.27. The summed E-state index contributed by atoms with van der Waals surface area (Å²) in [6.45, 7) is 0.414. The summed E-state index contributed by atoms with van der Waals surface area (Å²) in [5.41, 5.74) is 5.64. The zero-order valence-electron chi connectivity index (χ0n) is 7.99. The molecular weight excluding hydrogens is 194 g/mol. The smallest absolute Gasteiger partial charge is 0.258 e. The van der Waals surface area contributed by atoms with Crippen LogP contribution in [0.15, 0.2) is 30.3 Å². The fraction of sp³-hybridized carbons (Fsp3) is 0.200. The van der Waals surface area contributed by atoms with E-state index >= 15 is 0 Å². The molecular formula is C10H11N3O2. The van der Waals surface area contributed by atoms with Gasteiger partial charge in [0.15, 0.2) is 0 Å². The Bertz CT molecular complexity index is 378. The standard InChI is InChI=1S/C10H11N3O2/c14-9(7-4-2-1-3-5-7)12-8-6-11-13-10(8)15/h1-5,8,11H,6H2,(H,12,14)(H,13,15). The van der Waals surface area contributed by atoms with Crippen molar-refractivity contribution in [3.05, 3.63) is 35.9 Å². The highest BCUT2D eigenvalue weighted by molar-refractivity contribution is 5.97. The number of amides is 2. The monoisotopic (exact) mass is 205 g/mol. The number of hydrazine groups is 1. The minimum atomic E-state index is -0.488. The van der Waals surface area contributed by atoms with Crippen LogP contribution in [0.4, 0.5) is 0 Å². The molecule has 1 aromatic carbocycles. The van der Waals surface area contributed by atoms with Crippen molar-refractivity contribution < 1.29 is 9.59 Å². The lowest BCUT2D eigenvalue weighted by atomic mass is 10.2. The molecule has 2 rings (SSSR count). The predicted molar refractivity (Wildman–Crippen MR) is 53.8 cm³/mol. The van der Waals surface area contributed by atoms with Crippen LogP contribution in [0.25, 0.3) is 0 Å². The molecule has 1 aliphatic rings. The van der Waals surface area contributed by atoms with Crippen LogP contribution in [0.2, 0.25) is 0 Å². The van der Waals surface area contributed by atoms with E-state index < -0.39 is 6.04 Å². The van der Waals surface area contributed by atoms with Crippen molar-refractivity contribution in [2.75, 3.05) is 6.54 Å². The largest absolute Gasteiger partial charge is 0.339 e. The molecule has 1 atom stereocenters. The number of carbonyl (C=O) groups is 2. The highest BCUT2D eigenvalue weighted by Gasteiger charge is 2.25. The van der Waals surface area contributed by atoms with Crippen molar-refractivity contribution in [2.24, 2.45) is 0 Å². The molecule has 5 nitrogen and oxygen atoms in total. The zero-order valence-corrected chi connectivity index (χ0v) is 7.99. The van der Waals surface area contributed by atoms with Crippen LogP contribution in [-0.4, -0.2) is 24.4 Å². The van der Waals surface area contributed by atoms with Gasteiger partial charge in [-0.05, 0) is 12.1 Å². The van der Waals surface area contributed by atoms with Gasteiger partial charge >= 0.3 is 0 Å². The van der Waals surface area contributed by atoms with Gasteiger partial charge in [0.05, 0.1) is 0 Å². The van der Waals surface area contributed by atoms with Crippen LogP contribution in [0, 0.1) is 0 Å². The Hall–Kier alpha value is -1.88. The van der Waals surface area contributed by atoms with Gasteiger partial charge in [-0.1, -0.05) is 18.2 Å². The molecule has 1 aromatic rings. The van der Waals surface area contributed by atoms with Gasteiger partial charge in [0.1, 0.15) is 6.04 Å². The lowest BCUT2D eigenvalue weighted by molar-refractivity contribution is -0.120. The molecule has 1 saturated heterocycles. The Kier molecular flexibility index (Phi) is 2.64. The highest BCUT2D eigenvalue weighted by Crippen LogP contribution is 1.99. The zero-order chi connectivity index (χ0) is 10.7. The summed E-state index contributed by atoms with van der Waals surface area (Å²) < 4.78 is 0. The summed E-state index contributed by atoms with van der Waals surface area (Å²) in [5, 5.41) is 2.63. The van der Waals surface area contributed by atoms with Crippen molar-refractivity contribution in [2.45, 2.75) is 6.04 Å². The van der Waals surface area contributed by atoms with Gasteiger partial charge in [0.25, 0.3) is 11.8 Å². The van der Waals surface area contributed by atoms with Crippen molar-refractivity contribution >= 4 is 11.8 Å². The van der Waals surface area contributed by atoms with E-state index in [1.54, 1.807) is 24.3 Å². The van der Waals surface area contributed by atoms with Crippen molar-refractivity contribution in [1.82, 2.24) is 16.2 Å². The summed E-state index contributed by atoms with van der Waals surface area (Å²) in [4.78, 5) is 22.8. The Labute approximate surface area is 86.8 Å². The van der Waals surface area contributed by atoms with Crippen molar-refractivity contribution in [1.29, 1.82) is 0 Å². The Morgan fingerprint density at radius 3 is 2.67 bits per heavy atom. The lowest BCUT2D eigenvalue weighted by Gasteiger charge is -2.08. The van der Waals surface area contributed by atoms with Gasteiger partial charge in [-0.3, -0.25) is 15.0 Å². The molecule has 78 valence electrons. The van der Waals surface area contributed by atoms with Gasteiger partial charge in [-0.15, -0.1) is 0 Å². The number of hydrogen-bond donors (Lipinski definition) is 3. The highest BCUT2D eigenvalue weighted by atomic mass is 16.2. The average Bonchev–Trinajstić information content (AvgIpc) is 2.66. The normalized spacial score (nSPS) is 19.7. The van der Waals surface area contributed by atoms with Crippen LogP contribution in [0.5, 0.6) is 0 Å². The number of benzene rings is 1. The molecule has 1 heterocycles. The minimum Gasteiger partial charge on any atom is -0.339 e. The maximum Gasteiger partial charge on any atom is 0.258 e. The fourth-order valence-electron chi connectivity index (χ4n) is 1.37. The number of hydrogen-bond acceptors (Lipinski definition) is 3. The second-order valence-electron chi connectivity index (χ2n) is 3.26. The minimum absolute atomic E-state index is 0.209. The van der Waals surface area contributed by atoms with Gasteiger partial charge < -0.3 is 5.32 Å². The Morgan fingerprint density at radius 1 is 1.33 bits per heavy atom. The third-order valence-electron chi connectivity index (χ3n) is 2.18. The number of carbonyl (C=O) groups excluding carboxylic acids is 2. The second-order valence-corrected chi connectivity index (χ2v) is 3.26. The summed E-state index contributed by atoms with van der Waals surface area (Å²) >= 11 is 0. The van der Waals surface area contributed by atoms with E-state index in [1.807, 2.05) is 6.07 Å². The Morgan fingerprint density at radius 2 is 2.07 bits per heavy atom. The number of nitrogens with one attached hydrogen (secondary N) is 3. The first-order valence-corrected chi connectivity index (χ1v) is 4.66. The predicted octanol–water partition coefficient (Wildman–Crippen LogP) is -0.581. The maximum atomic E-state index is 11.6. The van der Waals surface area contributed by atoms with Crippen LogP contribution in [-0.2, 0) is 4.79 Å². The molecule has 1 fully saturated rings. The molecule has 1 aliphatic heterocycles. The van der Waals surface area contributed by atoms with E-state index in [1.165, 1.54) is 0 Å². The Balaban J connectivity index is 2.01. The van der Waals surface area contributed by atoms with Gasteiger partial charge in [0.2, 0.25) is 0 Å². The van der Waals surface area contributed by atoms with Crippen LogP contribution in [0.1, 0.15) is 10.4 Å². The molecule has 0 saturated carbocycles. The van der Waals surface area contributed by atoms with Gasteiger partial charge in [0, 0.05) is 12.1 Å². The second kappa shape index (κ2) is 4.10. The van der Waals surface area contributed by atoms with Crippen LogP contribution < -0.4 is 16.2 Å². The van der Waals surface area contributed by atoms with Gasteiger partial charge in [-0.2, -0.15) is 0 Å². The molecule has 0 aromatic heterocycles. The molecule has 0 radical (unpaired) electrons. The average molecular weight is 205 g/mol. The van der Waals surface area contributed by atoms with E-state index in [0.717, 1.165) is 0 Å². The summed E-state index contributed by atoms with van der Waals surface area (Å²) in [6, 6.07) is 8.31. The number of rotatable bonds is 2. The van der Waals surface area contributed by atoms with E-state index in [9.17, 15) is 9.59 Å².